The fraction of sp³-hybridized carbons (Fsp3) is 0.455. The number of pyridine rings is 1. The highest BCUT2D eigenvalue weighted by Crippen LogP contribution is 2.27. The number of benzene rings is 1. The van der Waals surface area contributed by atoms with Crippen molar-refractivity contribution >= 4 is 15.4 Å². The van der Waals surface area contributed by atoms with Crippen molar-refractivity contribution in [1.29, 1.82) is 0 Å². The molecule has 2 atom stereocenters. The molecule has 0 bridgehead atoms. The van der Waals surface area contributed by atoms with Crippen LogP contribution in [0.5, 0.6) is 17.2 Å². The largest absolute Gasteiger partial charge is 0.497 e. The molecule has 0 N–H and O–H groups in total. The van der Waals surface area contributed by atoms with Gasteiger partial charge in [0.05, 0.1) is 36.4 Å². The molecule has 0 radical (unpaired) electrons. The zero-order chi connectivity index (χ0) is 22.0. The van der Waals surface area contributed by atoms with E-state index in [-0.39, 0.29) is 17.1 Å². The van der Waals surface area contributed by atoms with Gasteiger partial charge in [-0.3, -0.25) is 14.5 Å². The van der Waals surface area contributed by atoms with Crippen molar-refractivity contribution < 1.29 is 18.8 Å². The predicted molar refractivity (Wildman–Crippen MR) is 120 cm³/mol. The molecular formula is C22H28N3O5P. The lowest BCUT2D eigenvalue weighted by Crippen LogP contribution is -2.52. The van der Waals surface area contributed by atoms with Crippen LogP contribution in [0.3, 0.4) is 0 Å². The summed E-state index contributed by atoms with van der Waals surface area (Å²) in [4.78, 5) is 30.3. The lowest BCUT2D eigenvalue weighted by atomic mass is 10.1. The molecule has 0 aliphatic carbocycles. The van der Waals surface area contributed by atoms with Gasteiger partial charge in [-0.2, -0.15) is 0 Å². The molecule has 1 aromatic heterocycles. The molecule has 1 aromatic carbocycles. The molecular weight excluding hydrogens is 417 g/mol. The van der Waals surface area contributed by atoms with E-state index in [4.69, 9.17) is 14.0 Å². The fourth-order valence-electron chi connectivity index (χ4n) is 4.46. The molecule has 2 aromatic rings. The minimum Gasteiger partial charge on any atom is -0.497 e. The van der Waals surface area contributed by atoms with Gasteiger partial charge in [0.25, 0.3) is 5.91 Å². The molecule has 0 spiro atoms. The van der Waals surface area contributed by atoms with Crippen LogP contribution in [0.15, 0.2) is 35.3 Å². The molecule has 2 aliphatic rings. The van der Waals surface area contributed by atoms with Crippen LogP contribution in [0, 0.1) is 0 Å². The van der Waals surface area contributed by atoms with Crippen molar-refractivity contribution in [2.75, 3.05) is 40.4 Å². The second-order valence-electron chi connectivity index (χ2n) is 7.89. The van der Waals surface area contributed by atoms with E-state index in [0.717, 1.165) is 25.1 Å². The monoisotopic (exact) mass is 445 g/mol. The summed E-state index contributed by atoms with van der Waals surface area (Å²) in [7, 11) is 5.28. The van der Waals surface area contributed by atoms with Gasteiger partial charge < -0.3 is 23.5 Å². The Morgan fingerprint density at radius 1 is 1.13 bits per heavy atom. The highest BCUT2D eigenvalue weighted by Gasteiger charge is 2.33. The van der Waals surface area contributed by atoms with E-state index in [1.165, 1.54) is 12.5 Å². The van der Waals surface area contributed by atoms with E-state index < -0.39 is 0 Å². The van der Waals surface area contributed by atoms with Crippen LogP contribution < -0.4 is 19.4 Å². The smallest absolute Gasteiger partial charge is 0.270 e. The summed E-state index contributed by atoms with van der Waals surface area (Å²) >= 11 is 0. The minimum absolute atomic E-state index is 0.133. The number of aromatic nitrogens is 1. The third kappa shape index (κ3) is 4.41. The van der Waals surface area contributed by atoms with Crippen LogP contribution >= 0.6 is 9.47 Å². The average molecular weight is 445 g/mol. The second-order valence-corrected chi connectivity index (χ2v) is 8.13. The van der Waals surface area contributed by atoms with Crippen molar-refractivity contribution in [1.82, 2.24) is 14.4 Å². The average Bonchev–Trinajstić information content (AvgIpc) is 3.27. The van der Waals surface area contributed by atoms with Gasteiger partial charge in [0.1, 0.15) is 17.2 Å². The van der Waals surface area contributed by atoms with Gasteiger partial charge in [-0.25, -0.2) is 0 Å². The number of ether oxygens (including phenoxy) is 2. The summed E-state index contributed by atoms with van der Waals surface area (Å²) in [6.45, 7) is 3.69. The Balaban J connectivity index is 1.67. The molecule has 3 heterocycles. The number of nitrogens with zero attached hydrogens (tertiary/aromatic N) is 3. The maximum Gasteiger partial charge on any atom is 0.270 e. The maximum absolute atomic E-state index is 13.5. The van der Waals surface area contributed by atoms with Crippen molar-refractivity contribution in [3.8, 4) is 17.2 Å². The first-order valence-corrected chi connectivity index (χ1v) is 10.9. The lowest BCUT2D eigenvalue weighted by molar-refractivity contribution is 0.0560. The van der Waals surface area contributed by atoms with Crippen LogP contribution in [-0.4, -0.2) is 66.7 Å². The van der Waals surface area contributed by atoms with E-state index in [1.54, 1.807) is 31.0 Å². The molecule has 9 heteroatoms. The summed E-state index contributed by atoms with van der Waals surface area (Å²) in [5.41, 5.74) is 0.882. The number of carbonyl (C=O) groups is 1. The topological polar surface area (TPSA) is 73.2 Å². The molecule has 8 nitrogen and oxygen atoms in total. The Labute approximate surface area is 184 Å². The Hall–Kier alpha value is -2.57. The number of hydrogen-bond donors (Lipinski definition) is 0. The number of methoxy groups -OCH3 is 2. The summed E-state index contributed by atoms with van der Waals surface area (Å²) in [6, 6.07) is 7.32. The van der Waals surface area contributed by atoms with Crippen LogP contribution in [0.4, 0.5) is 0 Å². The number of carbonyl (C=O) groups excluding carboxylic acids is 1. The van der Waals surface area contributed by atoms with Crippen LogP contribution in [0.25, 0.3) is 0 Å². The zero-order valence-corrected chi connectivity index (χ0v) is 19.0. The standard InChI is InChI=1S/C22H28N3O5P/c1-28-17-6-5-15(20(10-17)29-2)12-25-14-21(30-31)19(26)11-18(25)22(27)24-9-8-23-7-3-4-16(23)13-24/h5-6,10-11,14,16H,3-4,7-9,12-13,31H2,1-2H3/t16-/m0/s1. The highest BCUT2D eigenvalue weighted by molar-refractivity contribution is 7.10. The third-order valence-corrected chi connectivity index (χ3v) is 6.40. The predicted octanol–water partition coefficient (Wildman–Crippen LogP) is 2.00. The van der Waals surface area contributed by atoms with Gasteiger partial charge in [0, 0.05) is 43.4 Å². The SMILES string of the molecule is COc1ccc(Cn2cc(OP)c(=O)cc2C(=O)N2CCN3CCC[C@H]3C2)c(OC)c1. The minimum atomic E-state index is -0.323. The first kappa shape index (κ1) is 21.7. The number of hydrogen-bond acceptors (Lipinski definition) is 6. The number of fused-ring (bicyclic) bond motifs is 1. The summed E-state index contributed by atoms with van der Waals surface area (Å²) in [5, 5.41) is 0. The van der Waals surface area contributed by atoms with Crippen molar-refractivity contribution in [3.05, 3.63) is 51.9 Å². The summed E-state index contributed by atoms with van der Waals surface area (Å²) < 4.78 is 17.7. The van der Waals surface area contributed by atoms with Crippen LogP contribution in [0.2, 0.25) is 0 Å². The van der Waals surface area contributed by atoms with E-state index in [2.05, 4.69) is 14.4 Å². The van der Waals surface area contributed by atoms with E-state index in [9.17, 15) is 9.59 Å². The molecule has 2 saturated heterocycles. The maximum atomic E-state index is 13.5. The highest BCUT2D eigenvalue weighted by atomic mass is 31.0. The fourth-order valence-corrected chi connectivity index (χ4v) is 4.64. The Morgan fingerprint density at radius 2 is 1.97 bits per heavy atom. The summed E-state index contributed by atoms with van der Waals surface area (Å²) in [5.74, 6) is 1.35. The molecule has 2 fully saturated rings. The van der Waals surface area contributed by atoms with E-state index >= 15 is 0 Å². The Kier molecular flexibility index (Phi) is 6.49. The molecule has 0 saturated carbocycles. The number of amides is 1. The Morgan fingerprint density at radius 3 is 2.71 bits per heavy atom. The van der Waals surface area contributed by atoms with Crippen LogP contribution in [0.1, 0.15) is 28.9 Å². The quantitative estimate of drug-likeness (QED) is 0.634. The van der Waals surface area contributed by atoms with Gasteiger partial charge in [-0.05, 0) is 31.5 Å². The Bertz CT molecular complexity index is 1020. The molecule has 4 rings (SSSR count). The second kappa shape index (κ2) is 9.28. The van der Waals surface area contributed by atoms with Gasteiger partial charge in [-0.1, -0.05) is 0 Å². The van der Waals surface area contributed by atoms with Crippen LogP contribution in [-0.2, 0) is 6.54 Å². The summed E-state index contributed by atoms with van der Waals surface area (Å²) in [6.07, 6.45) is 3.87. The first-order chi connectivity index (χ1) is 15.0. The normalized spacial score (nSPS) is 18.5. The molecule has 1 amide bonds. The molecule has 2 aliphatic heterocycles. The van der Waals surface area contributed by atoms with Gasteiger partial charge in [0.2, 0.25) is 5.43 Å². The number of piperazine rings is 1. The van der Waals surface area contributed by atoms with Crippen molar-refractivity contribution in [2.24, 2.45) is 0 Å². The van der Waals surface area contributed by atoms with E-state index in [1.807, 2.05) is 17.0 Å². The lowest BCUT2D eigenvalue weighted by Gasteiger charge is -2.37. The van der Waals surface area contributed by atoms with Gasteiger partial charge in [-0.15, -0.1) is 0 Å². The van der Waals surface area contributed by atoms with Crippen molar-refractivity contribution in [2.45, 2.75) is 25.4 Å². The van der Waals surface area contributed by atoms with Crippen molar-refractivity contribution in [3.63, 3.8) is 0 Å². The van der Waals surface area contributed by atoms with Gasteiger partial charge >= 0.3 is 0 Å². The third-order valence-electron chi connectivity index (χ3n) is 6.15. The van der Waals surface area contributed by atoms with E-state index in [0.29, 0.717) is 42.9 Å². The molecule has 31 heavy (non-hydrogen) atoms. The molecule has 1 unspecified atom stereocenters. The number of rotatable bonds is 6. The first-order valence-electron chi connectivity index (χ1n) is 10.4. The zero-order valence-electron chi connectivity index (χ0n) is 17.9. The molecule has 166 valence electrons. The van der Waals surface area contributed by atoms with Gasteiger partial charge in [0.15, 0.2) is 5.75 Å².